The summed E-state index contributed by atoms with van der Waals surface area (Å²) in [6, 6.07) is 0. The molecule has 0 aromatic heterocycles. The molecule has 0 amide bonds. The molecule has 0 radical (unpaired) electrons. The van der Waals surface area contributed by atoms with Gasteiger partial charge < -0.3 is 0 Å². The Hall–Kier alpha value is -0.260. The maximum Gasteiger partial charge on any atom is -0.0205 e. The van der Waals surface area contributed by atoms with Gasteiger partial charge in [0.2, 0.25) is 0 Å². The van der Waals surface area contributed by atoms with Crippen LogP contribution >= 0.6 is 0 Å². The first-order valence-electron chi connectivity index (χ1n) is 5.02. The van der Waals surface area contributed by atoms with E-state index in [4.69, 9.17) is 0 Å². The Morgan fingerprint density at radius 1 is 1.27 bits per heavy atom. The summed E-state index contributed by atoms with van der Waals surface area (Å²) in [4.78, 5) is 0. The molecule has 0 spiro atoms. The summed E-state index contributed by atoms with van der Waals surface area (Å²) >= 11 is 0. The van der Waals surface area contributed by atoms with Gasteiger partial charge in [0, 0.05) is 0 Å². The molecule has 0 aliphatic heterocycles. The average Bonchev–Trinajstić information content (AvgIpc) is 2.79. The first-order chi connectivity index (χ1) is 5.34. The second-order valence-electron chi connectivity index (χ2n) is 3.74. The van der Waals surface area contributed by atoms with Crippen molar-refractivity contribution in [2.75, 3.05) is 0 Å². The average molecular weight is 152 g/mol. The Kier molecular flexibility index (Phi) is 3.68. The van der Waals surface area contributed by atoms with Gasteiger partial charge >= 0.3 is 0 Å². The van der Waals surface area contributed by atoms with E-state index in [1.54, 1.807) is 0 Å². The molecule has 0 unspecified atom stereocenters. The van der Waals surface area contributed by atoms with Gasteiger partial charge in [0.05, 0.1) is 0 Å². The second kappa shape index (κ2) is 4.58. The summed E-state index contributed by atoms with van der Waals surface area (Å²) in [6.07, 6.45) is 9.67. The fourth-order valence-corrected chi connectivity index (χ4v) is 1.47. The standard InChI is InChI=1S/C11H20/c1-3-4-5-6-7-10(2)11-8-9-11/h11H,2-9H2,1H3. The van der Waals surface area contributed by atoms with Crippen LogP contribution in [-0.4, -0.2) is 0 Å². The second-order valence-corrected chi connectivity index (χ2v) is 3.74. The van der Waals surface area contributed by atoms with E-state index in [0.29, 0.717) is 0 Å². The number of hydrogen-bond acceptors (Lipinski definition) is 0. The van der Waals surface area contributed by atoms with E-state index in [2.05, 4.69) is 13.5 Å². The molecule has 1 fully saturated rings. The van der Waals surface area contributed by atoms with Crippen LogP contribution in [0.3, 0.4) is 0 Å². The van der Waals surface area contributed by atoms with Crippen LogP contribution in [0.1, 0.15) is 51.9 Å². The molecule has 0 saturated heterocycles. The third-order valence-electron chi connectivity index (χ3n) is 2.51. The first-order valence-corrected chi connectivity index (χ1v) is 5.02. The van der Waals surface area contributed by atoms with Gasteiger partial charge in [-0.25, -0.2) is 0 Å². The van der Waals surface area contributed by atoms with E-state index in [1.807, 2.05) is 0 Å². The van der Waals surface area contributed by atoms with Crippen LogP contribution in [0.5, 0.6) is 0 Å². The highest BCUT2D eigenvalue weighted by molar-refractivity contribution is 5.06. The van der Waals surface area contributed by atoms with Crippen molar-refractivity contribution >= 4 is 0 Å². The van der Waals surface area contributed by atoms with Crippen molar-refractivity contribution in [2.45, 2.75) is 51.9 Å². The molecule has 1 rings (SSSR count). The molecule has 1 aliphatic rings. The Morgan fingerprint density at radius 3 is 2.55 bits per heavy atom. The third kappa shape index (κ3) is 3.60. The zero-order valence-electron chi connectivity index (χ0n) is 7.73. The lowest BCUT2D eigenvalue weighted by Gasteiger charge is -2.01. The van der Waals surface area contributed by atoms with E-state index in [-0.39, 0.29) is 0 Å². The normalized spacial score (nSPS) is 16.8. The van der Waals surface area contributed by atoms with Crippen LogP contribution in [0.15, 0.2) is 12.2 Å². The predicted octanol–water partition coefficient (Wildman–Crippen LogP) is 3.92. The minimum Gasteiger partial charge on any atom is -0.0996 e. The molecule has 0 N–H and O–H groups in total. The fraction of sp³-hybridized carbons (Fsp3) is 0.818. The van der Waals surface area contributed by atoms with Gasteiger partial charge in [0.25, 0.3) is 0 Å². The molecule has 0 aromatic carbocycles. The van der Waals surface area contributed by atoms with Crippen LogP contribution in [0, 0.1) is 5.92 Å². The number of unbranched alkanes of at least 4 members (excludes halogenated alkanes) is 3. The summed E-state index contributed by atoms with van der Waals surface area (Å²) in [6.45, 7) is 6.37. The Balaban J connectivity index is 1.89. The number of allylic oxidation sites excluding steroid dienone is 1. The van der Waals surface area contributed by atoms with Crippen molar-refractivity contribution in [3.05, 3.63) is 12.2 Å². The Morgan fingerprint density at radius 2 is 2.00 bits per heavy atom. The lowest BCUT2D eigenvalue weighted by molar-refractivity contribution is 0.653. The molecule has 11 heavy (non-hydrogen) atoms. The monoisotopic (exact) mass is 152 g/mol. The quantitative estimate of drug-likeness (QED) is 0.399. The fourth-order valence-electron chi connectivity index (χ4n) is 1.47. The third-order valence-corrected chi connectivity index (χ3v) is 2.51. The van der Waals surface area contributed by atoms with Crippen LogP contribution in [0.4, 0.5) is 0 Å². The van der Waals surface area contributed by atoms with Crippen molar-refractivity contribution < 1.29 is 0 Å². The number of hydrogen-bond donors (Lipinski definition) is 0. The summed E-state index contributed by atoms with van der Waals surface area (Å²) in [5.41, 5.74) is 1.53. The lowest BCUT2D eigenvalue weighted by atomic mass is 10.0. The summed E-state index contributed by atoms with van der Waals surface area (Å²) in [5.74, 6) is 0.927. The van der Waals surface area contributed by atoms with E-state index in [1.165, 1.54) is 50.5 Å². The smallest absolute Gasteiger partial charge is 0.0205 e. The van der Waals surface area contributed by atoms with Crippen molar-refractivity contribution in [3.63, 3.8) is 0 Å². The molecule has 0 atom stereocenters. The van der Waals surface area contributed by atoms with E-state index in [0.717, 1.165) is 5.92 Å². The van der Waals surface area contributed by atoms with Crippen LogP contribution in [0.25, 0.3) is 0 Å². The minimum atomic E-state index is 0.927. The highest BCUT2D eigenvalue weighted by Gasteiger charge is 2.23. The SMILES string of the molecule is C=C(CCCCCC)C1CC1. The highest BCUT2D eigenvalue weighted by Crippen LogP contribution is 2.37. The molecule has 0 heterocycles. The van der Waals surface area contributed by atoms with E-state index < -0.39 is 0 Å². The van der Waals surface area contributed by atoms with Crippen molar-refractivity contribution in [1.29, 1.82) is 0 Å². The first kappa shape index (κ1) is 8.83. The molecular formula is C11H20. The molecular weight excluding hydrogens is 132 g/mol. The molecule has 0 bridgehead atoms. The van der Waals surface area contributed by atoms with Crippen molar-refractivity contribution in [3.8, 4) is 0 Å². The molecule has 64 valence electrons. The van der Waals surface area contributed by atoms with E-state index >= 15 is 0 Å². The maximum atomic E-state index is 4.11. The van der Waals surface area contributed by atoms with Gasteiger partial charge in [0.1, 0.15) is 0 Å². The van der Waals surface area contributed by atoms with Gasteiger partial charge in [-0.05, 0) is 31.6 Å². The zero-order chi connectivity index (χ0) is 8.10. The van der Waals surface area contributed by atoms with Gasteiger partial charge in [0.15, 0.2) is 0 Å². The van der Waals surface area contributed by atoms with Crippen LogP contribution in [0.2, 0.25) is 0 Å². The molecule has 1 saturated carbocycles. The number of rotatable bonds is 6. The van der Waals surface area contributed by atoms with Crippen molar-refractivity contribution in [1.82, 2.24) is 0 Å². The van der Waals surface area contributed by atoms with Crippen LogP contribution in [-0.2, 0) is 0 Å². The summed E-state index contributed by atoms with van der Waals surface area (Å²) in [5, 5.41) is 0. The molecule has 0 heteroatoms. The topological polar surface area (TPSA) is 0 Å². The van der Waals surface area contributed by atoms with Gasteiger partial charge in [-0.15, -0.1) is 0 Å². The maximum absolute atomic E-state index is 4.11. The van der Waals surface area contributed by atoms with Crippen molar-refractivity contribution in [2.24, 2.45) is 5.92 Å². The van der Waals surface area contributed by atoms with Crippen LogP contribution < -0.4 is 0 Å². The Bertz CT molecular complexity index is 120. The highest BCUT2D eigenvalue weighted by atomic mass is 14.3. The summed E-state index contributed by atoms with van der Waals surface area (Å²) in [7, 11) is 0. The Labute approximate surface area is 70.7 Å². The molecule has 1 aliphatic carbocycles. The predicted molar refractivity (Wildman–Crippen MR) is 50.6 cm³/mol. The molecule has 0 nitrogen and oxygen atoms in total. The molecule has 0 aromatic rings. The summed E-state index contributed by atoms with van der Waals surface area (Å²) < 4.78 is 0. The largest absolute Gasteiger partial charge is 0.0996 e. The van der Waals surface area contributed by atoms with E-state index in [9.17, 15) is 0 Å². The minimum absolute atomic E-state index is 0.927. The lowest BCUT2D eigenvalue weighted by Crippen LogP contribution is -1.84. The van der Waals surface area contributed by atoms with Gasteiger partial charge in [-0.2, -0.15) is 0 Å². The van der Waals surface area contributed by atoms with Gasteiger partial charge in [-0.1, -0.05) is 38.3 Å². The van der Waals surface area contributed by atoms with Gasteiger partial charge in [-0.3, -0.25) is 0 Å². The zero-order valence-corrected chi connectivity index (χ0v) is 7.73.